The summed E-state index contributed by atoms with van der Waals surface area (Å²) in [5, 5.41) is 11.6. The van der Waals surface area contributed by atoms with E-state index in [0.29, 0.717) is 11.1 Å². The minimum Gasteiger partial charge on any atom is -0.444 e. The van der Waals surface area contributed by atoms with Gasteiger partial charge in [0.1, 0.15) is 11.3 Å². The van der Waals surface area contributed by atoms with E-state index in [4.69, 9.17) is 10.00 Å². The number of ether oxygens (including phenoxy) is 1. The van der Waals surface area contributed by atoms with Crippen LogP contribution in [-0.2, 0) is 4.74 Å². The van der Waals surface area contributed by atoms with Gasteiger partial charge in [0.25, 0.3) is 0 Å². The molecule has 27 heavy (non-hydrogen) atoms. The summed E-state index contributed by atoms with van der Waals surface area (Å²) in [6.07, 6.45) is 0.868. The van der Waals surface area contributed by atoms with E-state index in [1.54, 1.807) is 45.0 Å². The number of benzene rings is 1. The number of amides is 1. The molecule has 6 nitrogen and oxygen atoms in total. The zero-order valence-electron chi connectivity index (χ0n) is 16.6. The normalized spacial score (nSPS) is 10.1. The largest absolute Gasteiger partial charge is 0.444 e. The molecule has 0 spiro atoms. The smallest absolute Gasteiger partial charge is 0.412 e. The van der Waals surface area contributed by atoms with Crippen molar-refractivity contribution < 1.29 is 14.3 Å². The Labute approximate surface area is 160 Å². The van der Waals surface area contributed by atoms with Gasteiger partial charge >= 0.3 is 6.09 Å². The lowest BCUT2D eigenvalue weighted by atomic mass is 10.0. The number of carbonyl (C=O) groups excluding carboxylic acids is 2. The van der Waals surface area contributed by atoms with Crippen molar-refractivity contribution in [1.82, 2.24) is 4.98 Å². The number of anilines is 1. The van der Waals surface area contributed by atoms with Gasteiger partial charge in [-0.25, -0.2) is 4.79 Å². The monoisotopic (exact) mass is 367 g/mol. The predicted octanol–water partition coefficient (Wildman–Crippen LogP) is 5.20. The van der Waals surface area contributed by atoms with Crippen LogP contribution in [0.2, 0.25) is 0 Å². The average Bonchev–Trinajstić information content (AvgIpc) is 2.61. The Hall–Kier alpha value is -3.20. The molecule has 2 rings (SSSR count). The highest BCUT2D eigenvalue weighted by Gasteiger charge is 2.19. The van der Waals surface area contributed by atoms with Gasteiger partial charge in [-0.05, 0) is 44.5 Å². The first-order chi connectivity index (χ1) is 12.7. The van der Waals surface area contributed by atoms with Gasteiger partial charge in [-0.2, -0.15) is 5.26 Å². The second-order valence-corrected chi connectivity index (χ2v) is 6.50. The van der Waals surface area contributed by atoms with Crippen LogP contribution in [-0.4, -0.2) is 22.5 Å². The molecule has 1 aromatic heterocycles. The third-order valence-corrected chi connectivity index (χ3v) is 3.18. The van der Waals surface area contributed by atoms with Crippen LogP contribution >= 0.6 is 0 Å². The number of nitrogens with one attached hydrogen (secondary N) is 1. The molecule has 0 fully saturated rings. The fraction of sp³-hybridized carbons (Fsp3) is 0.333. The van der Waals surface area contributed by atoms with Crippen LogP contribution in [0.3, 0.4) is 0 Å². The van der Waals surface area contributed by atoms with Crippen molar-refractivity contribution in [2.75, 3.05) is 5.32 Å². The van der Waals surface area contributed by atoms with E-state index < -0.39 is 11.7 Å². The van der Waals surface area contributed by atoms with Gasteiger partial charge in [-0.1, -0.05) is 26.0 Å². The van der Waals surface area contributed by atoms with E-state index in [-0.39, 0.29) is 17.2 Å². The average molecular weight is 367 g/mol. The molecule has 1 N–H and O–H groups in total. The highest BCUT2D eigenvalue weighted by molar-refractivity contribution is 6.01. The van der Waals surface area contributed by atoms with Gasteiger partial charge in [0.15, 0.2) is 5.78 Å². The van der Waals surface area contributed by atoms with Crippen molar-refractivity contribution in [2.24, 2.45) is 0 Å². The van der Waals surface area contributed by atoms with E-state index in [9.17, 15) is 9.59 Å². The summed E-state index contributed by atoms with van der Waals surface area (Å²) >= 11 is 0. The van der Waals surface area contributed by atoms with Crippen molar-refractivity contribution >= 4 is 17.6 Å². The lowest BCUT2D eigenvalue weighted by Gasteiger charge is -2.20. The molecular formula is C21H25N3O3. The lowest BCUT2D eigenvalue weighted by molar-refractivity contribution is 0.0636. The number of rotatable bonds is 3. The summed E-state index contributed by atoms with van der Waals surface area (Å²) in [4.78, 5) is 28.0. The highest BCUT2D eigenvalue weighted by atomic mass is 16.6. The predicted molar refractivity (Wildman–Crippen MR) is 106 cm³/mol. The number of nitrogens with zero attached hydrogens (tertiary/aromatic N) is 2. The molecule has 2 aromatic rings. The Morgan fingerprint density at radius 2 is 1.81 bits per heavy atom. The third kappa shape index (κ3) is 6.55. The van der Waals surface area contributed by atoms with Crippen LogP contribution in [0.1, 0.15) is 57.6 Å². The standard InChI is InChI=1S/C19H19N3O3.C2H6/c1-12(23)17-16(22-18(24)25-19(2,3)4)9-15(11-21-17)14-7-5-6-13(8-14)10-20;1-2/h5-9,11H,1-4H3,(H,22,24);1-2H3. The third-order valence-electron chi connectivity index (χ3n) is 3.18. The maximum atomic E-state index is 12.0. The molecule has 0 saturated heterocycles. The maximum absolute atomic E-state index is 12.0. The number of aromatic nitrogens is 1. The molecule has 0 aliphatic carbocycles. The van der Waals surface area contributed by atoms with Crippen LogP contribution < -0.4 is 5.32 Å². The van der Waals surface area contributed by atoms with Gasteiger partial charge in [0, 0.05) is 18.7 Å². The quantitative estimate of drug-likeness (QED) is 0.753. The van der Waals surface area contributed by atoms with Crippen molar-refractivity contribution in [2.45, 2.75) is 47.1 Å². The van der Waals surface area contributed by atoms with Gasteiger partial charge in [-0.15, -0.1) is 0 Å². The molecule has 142 valence electrons. The van der Waals surface area contributed by atoms with E-state index in [2.05, 4.69) is 16.4 Å². The first-order valence-corrected chi connectivity index (χ1v) is 8.71. The van der Waals surface area contributed by atoms with E-state index >= 15 is 0 Å². The maximum Gasteiger partial charge on any atom is 0.412 e. The molecule has 0 radical (unpaired) electrons. The molecule has 1 heterocycles. The van der Waals surface area contributed by atoms with E-state index in [0.717, 1.165) is 5.56 Å². The minimum absolute atomic E-state index is 0.144. The highest BCUT2D eigenvalue weighted by Crippen LogP contribution is 2.25. The van der Waals surface area contributed by atoms with Crippen molar-refractivity contribution in [3.05, 3.63) is 47.8 Å². The number of hydrogen-bond donors (Lipinski definition) is 1. The summed E-state index contributed by atoms with van der Waals surface area (Å²) in [7, 11) is 0. The Bertz CT molecular complexity index is 862. The molecule has 6 heteroatoms. The summed E-state index contributed by atoms with van der Waals surface area (Å²) in [6.45, 7) is 10.6. The molecule has 1 aromatic carbocycles. The lowest BCUT2D eigenvalue weighted by Crippen LogP contribution is -2.27. The molecular weight excluding hydrogens is 342 g/mol. The molecule has 0 unspecified atom stereocenters. The molecule has 1 amide bonds. The van der Waals surface area contributed by atoms with Crippen LogP contribution in [0.25, 0.3) is 11.1 Å². The van der Waals surface area contributed by atoms with Crippen LogP contribution in [0.15, 0.2) is 36.5 Å². The Balaban J connectivity index is 0.00000176. The van der Waals surface area contributed by atoms with Gasteiger partial charge in [-0.3, -0.25) is 15.1 Å². The SMILES string of the molecule is CC.CC(=O)c1ncc(-c2cccc(C#N)c2)cc1NC(=O)OC(C)(C)C. The Kier molecular flexibility index (Phi) is 7.67. The number of carbonyl (C=O) groups is 2. The van der Waals surface area contributed by atoms with Gasteiger partial charge in [0.05, 0.1) is 17.3 Å². The van der Waals surface area contributed by atoms with E-state index in [1.807, 2.05) is 19.9 Å². The second kappa shape index (κ2) is 9.48. The topological polar surface area (TPSA) is 92.1 Å². The fourth-order valence-electron chi connectivity index (χ4n) is 2.18. The minimum atomic E-state index is -0.667. The summed E-state index contributed by atoms with van der Waals surface area (Å²) in [5.74, 6) is -0.275. The van der Waals surface area contributed by atoms with Crippen molar-refractivity contribution in [3.8, 4) is 17.2 Å². The first-order valence-electron chi connectivity index (χ1n) is 8.71. The van der Waals surface area contributed by atoms with Crippen molar-refractivity contribution in [1.29, 1.82) is 5.26 Å². The summed E-state index contributed by atoms with van der Waals surface area (Å²) in [6, 6.07) is 10.7. The number of hydrogen-bond acceptors (Lipinski definition) is 5. The Morgan fingerprint density at radius 1 is 1.15 bits per heavy atom. The van der Waals surface area contributed by atoms with Crippen molar-refractivity contribution in [3.63, 3.8) is 0 Å². The summed E-state index contributed by atoms with van der Waals surface area (Å²) < 4.78 is 5.23. The zero-order valence-corrected chi connectivity index (χ0v) is 16.6. The second-order valence-electron chi connectivity index (χ2n) is 6.50. The van der Waals surface area contributed by atoms with E-state index in [1.165, 1.54) is 13.1 Å². The fourth-order valence-corrected chi connectivity index (χ4v) is 2.18. The number of ketones is 1. The van der Waals surface area contributed by atoms with Crippen LogP contribution in [0, 0.1) is 11.3 Å². The summed E-state index contributed by atoms with van der Waals surface area (Å²) in [5.41, 5.74) is 1.69. The Morgan fingerprint density at radius 3 is 2.37 bits per heavy atom. The number of nitriles is 1. The van der Waals surface area contributed by atoms with Gasteiger partial charge < -0.3 is 4.74 Å². The molecule has 0 saturated carbocycles. The van der Waals surface area contributed by atoms with Crippen LogP contribution in [0.5, 0.6) is 0 Å². The zero-order chi connectivity index (χ0) is 20.6. The van der Waals surface area contributed by atoms with Gasteiger partial charge in [0.2, 0.25) is 0 Å². The number of Topliss-reactive ketones (excluding diaryl/α,β-unsaturated/α-hetero) is 1. The molecule has 0 aliphatic heterocycles. The van der Waals surface area contributed by atoms with Crippen LogP contribution in [0.4, 0.5) is 10.5 Å². The molecule has 0 aliphatic rings. The molecule has 0 bridgehead atoms. The molecule has 0 atom stereocenters. The first kappa shape index (κ1) is 21.8. The number of pyridine rings is 1.